The lowest BCUT2D eigenvalue weighted by atomic mass is 10.3. The van der Waals surface area contributed by atoms with Crippen LogP contribution >= 0.6 is 0 Å². The summed E-state index contributed by atoms with van der Waals surface area (Å²) in [5.41, 5.74) is 1.98. The van der Waals surface area contributed by atoms with E-state index in [2.05, 4.69) is 9.98 Å². The molecule has 86 valence electrons. The number of nitrogens with zero attached hydrogens (tertiary/aromatic N) is 3. The van der Waals surface area contributed by atoms with Crippen LogP contribution in [0, 0.1) is 0 Å². The fraction of sp³-hybridized carbons (Fsp3) is 0.0833. The summed E-state index contributed by atoms with van der Waals surface area (Å²) in [7, 11) is 0. The van der Waals surface area contributed by atoms with Crippen LogP contribution in [0.1, 0.15) is 0 Å². The molecule has 0 aromatic carbocycles. The molecule has 0 bridgehead atoms. The summed E-state index contributed by atoms with van der Waals surface area (Å²) < 4.78 is 0. The maximum Gasteiger partial charge on any atom is 0.411 e. The maximum absolute atomic E-state index is 10.2. The molecule has 5 heteroatoms. The van der Waals surface area contributed by atoms with Gasteiger partial charge in [-0.2, -0.15) is 0 Å². The van der Waals surface area contributed by atoms with Crippen molar-refractivity contribution in [2.45, 2.75) is 0 Å². The highest BCUT2D eigenvalue weighted by molar-refractivity contribution is 6.53. The molecule has 3 rings (SSSR count). The van der Waals surface area contributed by atoms with Gasteiger partial charge in [-0.05, 0) is 18.2 Å². The van der Waals surface area contributed by atoms with E-state index in [-0.39, 0.29) is 0 Å². The summed E-state index contributed by atoms with van der Waals surface area (Å²) in [6, 6.07) is 0. The van der Waals surface area contributed by atoms with Crippen LogP contribution in [0.4, 0.5) is 4.79 Å². The fourth-order valence-electron chi connectivity index (χ4n) is 1.37. The van der Waals surface area contributed by atoms with E-state index in [1.54, 1.807) is 24.6 Å². The molecular weight excluding hydrogens is 218 g/mol. The average molecular weight is 229 g/mol. The Morgan fingerprint density at radius 1 is 1.18 bits per heavy atom. The number of allylic oxidation sites excluding steroid dienone is 4. The van der Waals surface area contributed by atoms with Crippen molar-refractivity contribution in [2.75, 3.05) is 6.54 Å². The van der Waals surface area contributed by atoms with Crippen molar-refractivity contribution in [3.63, 3.8) is 0 Å². The largest absolute Gasteiger partial charge is 0.465 e. The van der Waals surface area contributed by atoms with Crippen LogP contribution in [-0.4, -0.2) is 34.1 Å². The van der Waals surface area contributed by atoms with Gasteiger partial charge in [0.05, 0.1) is 11.4 Å². The molecule has 17 heavy (non-hydrogen) atoms. The first-order chi connectivity index (χ1) is 8.27. The van der Waals surface area contributed by atoms with Crippen LogP contribution in [0.5, 0.6) is 0 Å². The molecule has 0 aliphatic carbocycles. The number of hydrogen-bond donors (Lipinski definition) is 1. The zero-order valence-electron chi connectivity index (χ0n) is 9.02. The minimum atomic E-state index is -0.907. The molecule has 0 saturated heterocycles. The Kier molecular flexibility index (Phi) is 3.30. The summed E-state index contributed by atoms with van der Waals surface area (Å²) in [6.45, 7) is 0.464. The number of amides is 1. The minimum absolute atomic E-state index is 0.464. The van der Waals surface area contributed by atoms with E-state index < -0.39 is 6.09 Å². The zero-order valence-corrected chi connectivity index (χ0v) is 9.02. The van der Waals surface area contributed by atoms with Gasteiger partial charge in [0.1, 0.15) is 0 Å². The van der Waals surface area contributed by atoms with Crippen LogP contribution in [0.3, 0.4) is 0 Å². The molecule has 3 aliphatic rings. The monoisotopic (exact) mass is 229 g/mol. The molecule has 0 spiro atoms. The quantitative estimate of drug-likeness (QED) is 0.690. The second-order valence-electron chi connectivity index (χ2n) is 3.36. The molecule has 0 atom stereocenters. The summed E-state index contributed by atoms with van der Waals surface area (Å²) in [5, 5.41) is 8.38. The Morgan fingerprint density at radius 3 is 2.24 bits per heavy atom. The zero-order chi connectivity index (χ0) is 12.1. The second kappa shape index (κ2) is 5.07. The predicted molar refractivity (Wildman–Crippen MR) is 66.2 cm³/mol. The molecule has 3 aliphatic heterocycles. The summed E-state index contributed by atoms with van der Waals surface area (Å²) in [5.74, 6) is 0. The Labute approximate surface area is 98.5 Å². The van der Waals surface area contributed by atoms with E-state index in [0.717, 1.165) is 11.4 Å². The van der Waals surface area contributed by atoms with Gasteiger partial charge in [-0.3, -0.25) is 14.9 Å². The summed E-state index contributed by atoms with van der Waals surface area (Å²) >= 11 is 0. The van der Waals surface area contributed by atoms with Gasteiger partial charge in [0, 0.05) is 25.1 Å². The van der Waals surface area contributed by atoms with Crippen LogP contribution in [-0.2, 0) is 0 Å². The van der Waals surface area contributed by atoms with E-state index >= 15 is 0 Å². The van der Waals surface area contributed by atoms with Crippen LogP contribution in [0.25, 0.3) is 0 Å². The van der Waals surface area contributed by atoms with E-state index in [1.165, 1.54) is 11.1 Å². The first-order valence-electron chi connectivity index (χ1n) is 5.09. The Morgan fingerprint density at radius 2 is 1.82 bits per heavy atom. The van der Waals surface area contributed by atoms with Crippen molar-refractivity contribution in [3.05, 3.63) is 49.0 Å². The number of rotatable bonds is 0. The second-order valence-corrected chi connectivity index (χ2v) is 3.36. The van der Waals surface area contributed by atoms with E-state index in [9.17, 15) is 4.79 Å². The van der Waals surface area contributed by atoms with Gasteiger partial charge in [-0.15, -0.1) is 0 Å². The van der Waals surface area contributed by atoms with Crippen LogP contribution < -0.4 is 0 Å². The molecule has 0 unspecified atom stereocenters. The molecule has 1 N–H and O–H groups in total. The molecule has 0 aromatic heterocycles. The van der Waals surface area contributed by atoms with E-state index in [0.29, 0.717) is 6.54 Å². The number of carbonyl (C=O) groups is 1. The van der Waals surface area contributed by atoms with Gasteiger partial charge in [-0.1, -0.05) is 12.2 Å². The van der Waals surface area contributed by atoms with Crippen LogP contribution in [0.15, 0.2) is 59.0 Å². The van der Waals surface area contributed by atoms with Crippen molar-refractivity contribution in [1.29, 1.82) is 0 Å². The molecular formula is C12H11N3O2. The molecule has 0 radical (unpaired) electrons. The van der Waals surface area contributed by atoms with Crippen molar-refractivity contribution < 1.29 is 9.90 Å². The smallest absolute Gasteiger partial charge is 0.411 e. The fourth-order valence-corrected chi connectivity index (χ4v) is 1.37. The predicted octanol–water partition coefficient (Wildman–Crippen LogP) is 1.97. The Hall–Kier alpha value is -2.43. The van der Waals surface area contributed by atoms with Gasteiger partial charge < -0.3 is 5.11 Å². The third-order valence-corrected chi connectivity index (χ3v) is 2.22. The third-order valence-electron chi connectivity index (χ3n) is 2.22. The highest BCUT2D eigenvalue weighted by Crippen LogP contribution is 2.05. The lowest BCUT2D eigenvalue weighted by molar-refractivity contribution is 0.166. The van der Waals surface area contributed by atoms with Gasteiger partial charge in [0.2, 0.25) is 0 Å². The van der Waals surface area contributed by atoms with Gasteiger partial charge in [-0.25, -0.2) is 4.79 Å². The lowest BCUT2D eigenvalue weighted by Crippen LogP contribution is -2.24. The Balaban J connectivity index is 0.000000127. The first-order valence-corrected chi connectivity index (χ1v) is 5.09. The summed E-state index contributed by atoms with van der Waals surface area (Å²) in [6.07, 6.45) is 13.2. The molecule has 0 aromatic rings. The lowest BCUT2D eigenvalue weighted by Gasteiger charge is -2.12. The Bertz CT molecular complexity index is 470. The highest BCUT2D eigenvalue weighted by atomic mass is 16.4. The summed E-state index contributed by atoms with van der Waals surface area (Å²) in [4.78, 5) is 19.4. The topological polar surface area (TPSA) is 65.3 Å². The SMILES string of the molecule is C1=CC2=NC=CC2=N1.O=C(O)N1C=CC=CC1. The highest BCUT2D eigenvalue weighted by Gasteiger charge is 2.08. The maximum atomic E-state index is 10.2. The van der Waals surface area contributed by atoms with E-state index in [1.807, 2.05) is 18.2 Å². The molecule has 1 amide bonds. The molecule has 0 saturated carbocycles. The number of fused-ring (bicyclic) bond motifs is 1. The van der Waals surface area contributed by atoms with Gasteiger partial charge in [0.25, 0.3) is 0 Å². The molecule has 3 heterocycles. The van der Waals surface area contributed by atoms with Crippen molar-refractivity contribution in [1.82, 2.24) is 4.90 Å². The van der Waals surface area contributed by atoms with Crippen molar-refractivity contribution in [2.24, 2.45) is 9.98 Å². The van der Waals surface area contributed by atoms with Crippen molar-refractivity contribution >= 4 is 17.5 Å². The van der Waals surface area contributed by atoms with Crippen LogP contribution in [0.2, 0.25) is 0 Å². The van der Waals surface area contributed by atoms with E-state index in [4.69, 9.17) is 5.11 Å². The van der Waals surface area contributed by atoms with Crippen molar-refractivity contribution in [3.8, 4) is 0 Å². The average Bonchev–Trinajstić information content (AvgIpc) is 2.93. The number of carboxylic acid groups (broad SMARTS) is 1. The minimum Gasteiger partial charge on any atom is -0.465 e. The standard InChI is InChI=1S/C6H4N2.C6H7NO2/c1-3-7-6-2-4-8-5(1)6;8-6(9)7-4-2-1-3-5-7/h1-4H;1-4H,5H2,(H,8,9). The first kappa shape index (κ1) is 11.1. The van der Waals surface area contributed by atoms with Gasteiger partial charge in [0.15, 0.2) is 0 Å². The third kappa shape index (κ3) is 2.78. The normalized spacial score (nSPS) is 18.5. The molecule has 0 fully saturated rings. The number of aliphatic imine (C=N–C) groups is 2. The van der Waals surface area contributed by atoms with Gasteiger partial charge >= 0.3 is 6.09 Å². The number of hydrogen-bond acceptors (Lipinski definition) is 3. The molecule has 5 nitrogen and oxygen atoms in total.